The van der Waals surface area contributed by atoms with E-state index >= 15 is 0 Å². The third-order valence-electron chi connectivity index (χ3n) is 8.29. The van der Waals surface area contributed by atoms with E-state index in [0.29, 0.717) is 12.1 Å². The maximum Gasteiger partial charge on any atom is 0.108 e. The van der Waals surface area contributed by atoms with Crippen molar-refractivity contribution in [2.24, 2.45) is 0 Å². The van der Waals surface area contributed by atoms with Crippen LogP contribution in [0.1, 0.15) is 19.3 Å². The Morgan fingerprint density at radius 1 is 0.657 bits per heavy atom. The molecule has 4 N–H and O–H groups in total. The topological polar surface area (TPSA) is 58.5 Å². The molecule has 2 aliphatic rings. The van der Waals surface area contributed by atoms with Crippen LogP contribution in [0.3, 0.4) is 0 Å². The Morgan fingerprint density at radius 3 is 1.34 bits per heavy atom. The molecule has 196 valence electrons. The molecule has 8 heteroatoms. The van der Waals surface area contributed by atoms with Gasteiger partial charge < -0.3 is 55.0 Å². The lowest BCUT2D eigenvalue weighted by atomic mass is 10.1. The van der Waals surface area contributed by atoms with E-state index in [4.69, 9.17) is 11.5 Å². The van der Waals surface area contributed by atoms with Crippen LogP contribution in [-0.2, 0) is 0 Å². The van der Waals surface area contributed by atoms with Gasteiger partial charge in [0.1, 0.15) is 12.1 Å². The van der Waals surface area contributed by atoms with Gasteiger partial charge in [-0.05, 0) is 48.5 Å². The van der Waals surface area contributed by atoms with Crippen LogP contribution in [-0.4, -0.2) is 88.5 Å². The lowest BCUT2D eigenvalue weighted by Gasteiger charge is -2.39. The number of halogens is 2. The fourth-order valence-corrected chi connectivity index (χ4v) is 5.71. The van der Waals surface area contributed by atoms with Crippen molar-refractivity contribution in [1.29, 1.82) is 0 Å². The molecule has 0 amide bonds. The predicted octanol–water partition coefficient (Wildman–Crippen LogP) is -2.74. The number of likely N-dealkylation sites (N-methyl/N-ethyl adjacent to an activating group) is 2. The molecular weight excluding hydrogens is 479 g/mol. The molecule has 0 aromatic heterocycles. The molecular formula is C27H44Cl2N6. The largest absolute Gasteiger partial charge is 1.00 e. The maximum absolute atomic E-state index is 5.87. The van der Waals surface area contributed by atoms with Crippen molar-refractivity contribution in [1.82, 2.24) is 0 Å². The normalized spacial score (nSPS) is 20.5. The van der Waals surface area contributed by atoms with Gasteiger partial charge in [-0.2, -0.15) is 0 Å². The van der Waals surface area contributed by atoms with Gasteiger partial charge in [-0.25, -0.2) is 0 Å². The highest BCUT2D eigenvalue weighted by molar-refractivity contribution is 5.54. The standard InChI is InChI=1S/C27H44N6.2ClH/c1-32(2,26-14-16-30(20-26)24-10-6-22(28)7-11-24)18-5-19-33(3,4)27-15-17-31(21-27)25-12-8-23(29)9-13-25;;/h6-13,26-27H,5,14-21,28-29H2,1-4H3;2*1H/q+2;;/p-2. The molecule has 2 aromatic carbocycles. The summed E-state index contributed by atoms with van der Waals surface area (Å²) < 4.78 is 2.21. The molecule has 2 fully saturated rings. The fraction of sp³-hybridized carbons (Fsp3) is 0.556. The summed E-state index contributed by atoms with van der Waals surface area (Å²) in [6, 6.07) is 18.1. The summed E-state index contributed by atoms with van der Waals surface area (Å²) in [4.78, 5) is 5.04. The number of hydrogen-bond acceptors (Lipinski definition) is 4. The average Bonchev–Trinajstić information content (AvgIpc) is 3.46. The number of rotatable bonds is 8. The van der Waals surface area contributed by atoms with Gasteiger partial charge in [0.2, 0.25) is 0 Å². The molecule has 0 spiro atoms. The highest BCUT2D eigenvalue weighted by Gasteiger charge is 2.38. The van der Waals surface area contributed by atoms with E-state index in [1.165, 1.54) is 43.7 Å². The summed E-state index contributed by atoms with van der Waals surface area (Å²) in [6.07, 6.45) is 3.78. The minimum Gasteiger partial charge on any atom is -1.00 e. The van der Waals surface area contributed by atoms with Gasteiger partial charge in [0.25, 0.3) is 0 Å². The number of benzene rings is 2. The molecule has 0 radical (unpaired) electrons. The molecule has 6 nitrogen and oxygen atoms in total. The smallest absolute Gasteiger partial charge is 0.108 e. The summed E-state index contributed by atoms with van der Waals surface area (Å²) in [6.45, 7) is 7.01. The van der Waals surface area contributed by atoms with Gasteiger partial charge in [-0.15, -0.1) is 0 Å². The molecule has 0 saturated carbocycles. The molecule has 35 heavy (non-hydrogen) atoms. The van der Waals surface area contributed by atoms with Gasteiger partial charge in [0.05, 0.1) is 54.4 Å². The van der Waals surface area contributed by atoms with Gasteiger partial charge >= 0.3 is 0 Å². The number of hydrogen-bond donors (Lipinski definition) is 2. The third kappa shape index (κ3) is 7.10. The number of nitrogens with zero attached hydrogens (tertiary/aromatic N) is 4. The first kappa shape index (κ1) is 29.4. The zero-order valence-electron chi connectivity index (χ0n) is 21.8. The van der Waals surface area contributed by atoms with Crippen molar-refractivity contribution >= 4 is 22.7 Å². The molecule has 2 heterocycles. The highest BCUT2D eigenvalue weighted by Crippen LogP contribution is 2.28. The first-order valence-corrected chi connectivity index (χ1v) is 12.5. The maximum atomic E-state index is 5.87. The predicted molar refractivity (Wildman–Crippen MR) is 142 cm³/mol. The van der Waals surface area contributed by atoms with Gasteiger partial charge in [0, 0.05) is 55.1 Å². The summed E-state index contributed by atoms with van der Waals surface area (Å²) in [7, 11) is 9.70. The minimum atomic E-state index is 0. The van der Waals surface area contributed by atoms with Crippen LogP contribution in [0, 0.1) is 0 Å². The van der Waals surface area contributed by atoms with E-state index in [9.17, 15) is 0 Å². The molecule has 2 aromatic rings. The summed E-state index contributed by atoms with van der Waals surface area (Å²) in [5.74, 6) is 0. The summed E-state index contributed by atoms with van der Waals surface area (Å²) >= 11 is 0. The zero-order chi connectivity index (χ0) is 23.6. The Labute approximate surface area is 224 Å². The van der Waals surface area contributed by atoms with E-state index in [0.717, 1.165) is 46.5 Å². The Bertz CT molecular complexity index is 841. The second-order valence-electron chi connectivity index (χ2n) is 11.3. The van der Waals surface area contributed by atoms with E-state index in [-0.39, 0.29) is 24.8 Å². The quantitative estimate of drug-likeness (QED) is 0.291. The monoisotopic (exact) mass is 522 g/mol. The van der Waals surface area contributed by atoms with Crippen molar-refractivity contribution < 1.29 is 33.8 Å². The van der Waals surface area contributed by atoms with Gasteiger partial charge in [-0.3, -0.25) is 0 Å². The van der Waals surface area contributed by atoms with E-state index in [2.05, 4.69) is 62.3 Å². The summed E-state index contributed by atoms with van der Waals surface area (Å²) in [5, 5.41) is 0. The zero-order valence-corrected chi connectivity index (χ0v) is 23.3. The number of anilines is 4. The first-order chi connectivity index (χ1) is 15.6. The molecule has 2 saturated heterocycles. The van der Waals surface area contributed by atoms with E-state index < -0.39 is 0 Å². The number of nitrogens with two attached hydrogens (primary N) is 2. The van der Waals surface area contributed by atoms with Crippen molar-refractivity contribution in [2.75, 3.05) is 88.7 Å². The van der Waals surface area contributed by atoms with Crippen molar-refractivity contribution in [3.63, 3.8) is 0 Å². The SMILES string of the molecule is C[N+](C)(CCC[N+](C)(C)C1CCN(c2ccc(N)cc2)C1)C1CCN(c2ccc(N)cc2)C1.[Cl-].[Cl-]. The second kappa shape index (κ2) is 11.9. The van der Waals surface area contributed by atoms with E-state index in [1.807, 2.05) is 24.3 Å². The van der Waals surface area contributed by atoms with Crippen molar-refractivity contribution in [3.8, 4) is 0 Å². The van der Waals surface area contributed by atoms with E-state index in [1.54, 1.807) is 0 Å². The van der Waals surface area contributed by atoms with Crippen LogP contribution in [0.25, 0.3) is 0 Å². The number of quaternary nitrogens is 2. The lowest BCUT2D eigenvalue weighted by molar-refractivity contribution is -0.930. The molecule has 2 unspecified atom stereocenters. The summed E-state index contributed by atoms with van der Waals surface area (Å²) in [5.41, 5.74) is 16.0. The van der Waals surface area contributed by atoms with Crippen LogP contribution in [0.5, 0.6) is 0 Å². The van der Waals surface area contributed by atoms with Crippen LogP contribution >= 0.6 is 0 Å². The Hall–Kier alpha value is -1.86. The molecule has 0 aliphatic carbocycles. The first-order valence-electron chi connectivity index (χ1n) is 12.5. The Kier molecular flexibility index (Phi) is 10.0. The lowest BCUT2D eigenvalue weighted by Crippen LogP contribution is -3.00. The van der Waals surface area contributed by atoms with Crippen LogP contribution in [0.4, 0.5) is 22.7 Å². The van der Waals surface area contributed by atoms with Gasteiger partial charge in [0.15, 0.2) is 0 Å². The molecule has 2 atom stereocenters. The third-order valence-corrected chi connectivity index (χ3v) is 8.29. The average molecular weight is 524 g/mol. The Balaban J connectivity index is 0.00000216. The highest BCUT2D eigenvalue weighted by atomic mass is 35.5. The fourth-order valence-electron chi connectivity index (χ4n) is 5.71. The van der Waals surface area contributed by atoms with Crippen LogP contribution < -0.4 is 46.1 Å². The molecule has 2 aliphatic heterocycles. The second-order valence-corrected chi connectivity index (χ2v) is 11.3. The number of nitrogen functional groups attached to an aromatic ring is 2. The van der Waals surface area contributed by atoms with Gasteiger partial charge in [-0.1, -0.05) is 0 Å². The molecule has 4 rings (SSSR count). The van der Waals surface area contributed by atoms with Crippen LogP contribution in [0.15, 0.2) is 48.5 Å². The van der Waals surface area contributed by atoms with Crippen molar-refractivity contribution in [2.45, 2.75) is 31.3 Å². The Morgan fingerprint density at radius 2 is 1.00 bits per heavy atom. The van der Waals surface area contributed by atoms with Crippen LogP contribution in [0.2, 0.25) is 0 Å². The minimum absolute atomic E-state index is 0. The molecule has 0 bridgehead atoms. The van der Waals surface area contributed by atoms with Crippen molar-refractivity contribution in [3.05, 3.63) is 48.5 Å².